The Morgan fingerprint density at radius 1 is 1.40 bits per heavy atom. The molecular weight excluding hydrogens is 250 g/mol. The van der Waals surface area contributed by atoms with Gasteiger partial charge in [-0.1, -0.05) is 13.0 Å². The third-order valence-electron chi connectivity index (χ3n) is 4.00. The number of benzene rings is 1. The van der Waals surface area contributed by atoms with E-state index < -0.39 is 0 Å². The van der Waals surface area contributed by atoms with E-state index in [0.717, 1.165) is 43.7 Å². The predicted octanol–water partition coefficient (Wildman–Crippen LogP) is 1.93. The predicted molar refractivity (Wildman–Crippen MR) is 83.5 cm³/mol. The maximum absolute atomic E-state index is 12.3. The minimum absolute atomic E-state index is 0.0360. The first-order chi connectivity index (χ1) is 9.63. The summed E-state index contributed by atoms with van der Waals surface area (Å²) in [7, 11) is 0. The highest BCUT2D eigenvalue weighted by Gasteiger charge is 2.17. The van der Waals surface area contributed by atoms with E-state index in [9.17, 15) is 4.79 Å². The fourth-order valence-electron chi connectivity index (χ4n) is 2.52. The summed E-state index contributed by atoms with van der Waals surface area (Å²) in [5.41, 5.74) is 3.06. The van der Waals surface area contributed by atoms with Crippen LogP contribution in [0.1, 0.15) is 36.2 Å². The van der Waals surface area contributed by atoms with E-state index in [1.807, 2.05) is 26.0 Å². The lowest BCUT2D eigenvalue weighted by Crippen LogP contribution is -2.44. The second-order valence-electron chi connectivity index (χ2n) is 5.47. The van der Waals surface area contributed by atoms with Crippen molar-refractivity contribution in [1.82, 2.24) is 10.6 Å². The Hall–Kier alpha value is -1.55. The lowest BCUT2D eigenvalue weighted by Gasteiger charge is -2.31. The molecule has 1 aromatic rings. The van der Waals surface area contributed by atoms with Crippen molar-refractivity contribution in [3.05, 3.63) is 29.3 Å². The van der Waals surface area contributed by atoms with Crippen molar-refractivity contribution in [1.29, 1.82) is 0 Å². The van der Waals surface area contributed by atoms with Crippen LogP contribution in [0.4, 0.5) is 5.69 Å². The summed E-state index contributed by atoms with van der Waals surface area (Å²) in [4.78, 5) is 14.7. The van der Waals surface area contributed by atoms with Crippen LogP contribution in [0.15, 0.2) is 18.2 Å². The molecule has 1 aliphatic heterocycles. The summed E-state index contributed by atoms with van der Waals surface area (Å²) >= 11 is 0. The first-order valence-corrected chi connectivity index (χ1v) is 7.49. The monoisotopic (exact) mass is 275 g/mol. The lowest BCUT2D eigenvalue weighted by atomic mass is 10.0. The van der Waals surface area contributed by atoms with Crippen LogP contribution in [-0.2, 0) is 0 Å². The molecule has 4 heteroatoms. The molecule has 1 heterocycles. The summed E-state index contributed by atoms with van der Waals surface area (Å²) < 4.78 is 0. The van der Waals surface area contributed by atoms with Crippen LogP contribution in [-0.4, -0.2) is 38.1 Å². The molecule has 2 rings (SSSR count). The molecule has 0 radical (unpaired) electrons. The van der Waals surface area contributed by atoms with Crippen LogP contribution >= 0.6 is 0 Å². The van der Waals surface area contributed by atoms with Crippen molar-refractivity contribution in [3.63, 3.8) is 0 Å². The number of carbonyl (C=O) groups excluding carboxylic acids is 1. The summed E-state index contributed by atoms with van der Waals surface area (Å²) in [6.07, 6.45) is 0.947. The first kappa shape index (κ1) is 14.9. The number of nitrogens with zero attached hydrogens (tertiary/aromatic N) is 1. The smallest absolute Gasteiger partial charge is 0.251 e. The van der Waals surface area contributed by atoms with Crippen molar-refractivity contribution in [2.24, 2.45) is 0 Å². The molecule has 1 amide bonds. The number of piperazine rings is 1. The van der Waals surface area contributed by atoms with Gasteiger partial charge >= 0.3 is 0 Å². The maximum atomic E-state index is 12.3. The molecule has 0 bridgehead atoms. The van der Waals surface area contributed by atoms with Gasteiger partial charge in [-0.3, -0.25) is 4.79 Å². The van der Waals surface area contributed by atoms with E-state index in [1.54, 1.807) is 0 Å². The molecule has 0 aromatic heterocycles. The van der Waals surface area contributed by atoms with Gasteiger partial charge in [0.25, 0.3) is 5.91 Å². The standard InChI is InChI=1S/C16H25N3O/c1-4-12(2)18-16(20)14-6-5-7-15(13(14)3)19-10-8-17-9-11-19/h5-7,12,17H,4,8-11H2,1-3H3,(H,18,20). The Balaban J connectivity index is 2.20. The summed E-state index contributed by atoms with van der Waals surface area (Å²) in [6, 6.07) is 6.22. The minimum atomic E-state index is 0.0360. The van der Waals surface area contributed by atoms with Crippen molar-refractivity contribution in [2.45, 2.75) is 33.2 Å². The molecule has 1 aliphatic rings. The number of amides is 1. The molecule has 1 unspecified atom stereocenters. The zero-order valence-electron chi connectivity index (χ0n) is 12.7. The number of nitrogens with one attached hydrogen (secondary N) is 2. The maximum Gasteiger partial charge on any atom is 0.251 e. The lowest BCUT2D eigenvalue weighted by molar-refractivity contribution is 0.0938. The Kier molecular flexibility index (Phi) is 5.01. The Labute approximate surface area is 121 Å². The van der Waals surface area contributed by atoms with E-state index >= 15 is 0 Å². The molecule has 4 nitrogen and oxygen atoms in total. The molecule has 110 valence electrons. The fraction of sp³-hybridized carbons (Fsp3) is 0.562. The quantitative estimate of drug-likeness (QED) is 0.882. The molecule has 1 atom stereocenters. The first-order valence-electron chi connectivity index (χ1n) is 7.49. The molecule has 1 saturated heterocycles. The second kappa shape index (κ2) is 6.75. The van der Waals surface area contributed by atoms with Crippen LogP contribution in [0, 0.1) is 6.92 Å². The highest BCUT2D eigenvalue weighted by molar-refractivity contribution is 5.97. The Bertz CT molecular complexity index is 467. The second-order valence-corrected chi connectivity index (χ2v) is 5.47. The normalized spacial score (nSPS) is 16.9. The third-order valence-corrected chi connectivity index (χ3v) is 4.00. The highest BCUT2D eigenvalue weighted by Crippen LogP contribution is 2.23. The van der Waals surface area contributed by atoms with Gasteiger partial charge in [0.2, 0.25) is 0 Å². The Morgan fingerprint density at radius 3 is 2.75 bits per heavy atom. The van der Waals surface area contributed by atoms with Gasteiger partial charge in [-0.2, -0.15) is 0 Å². The van der Waals surface area contributed by atoms with Crippen LogP contribution in [0.5, 0.6) is 0 Å². The molecule has 0 spiro atoms. The summed E-state index contributed by atoms with van der Waals surface area (Å²) in [6.45, 7) is 10.2. The topological polar surface area (TPSA) is 44.4 Å². The highest BCUT2D eigenvalue weighted by atomic mass is 16.1. The number of hydrogen-bond acceptors (Lipinski definition) is 3. The van der Waals surface area contributed by atoms with E-state index in [2.05, 4.69) is 28.5 Å². The number of anilines is 1. The number of hydrogen-bond donors (Lipinski definition) is 2. The minimum Gasteiger partial charge on any atom is -0.369 e. The van der Waals surface area contributed by atoms with Crippen molar-refractivity contribution in [3.8, 4) is 0 Å². The van der Waals surface area contributed by atoms with Gasteiger partial charge in [-0.25, -0.2) is 0 Å². The molecular formula is C16H25N3O. The van der Waals surface area contributed by atoms with Crippen LogP contribution in [0.3, 0.4) is 0 Å². The third kappa shape index (κ3) is 3.31. The van der Waals surface area contributed by atoms with E-state index in [-0.39, 0.29) is 11.9 Å². The van der Waals surface area contributed by atoms with Gasteiger partial charge < -0.3 is 15.5 Å². The molecule has 0 aliphatic carbocycles. The van der Waals surface area contributed by atoms with E-state index in [1.165, 1.54) is 5.69 Å². The van der Waals surface area contributed by atoms with Gasteiger partial charge in [0.05, 0.1) is 0 Å². The van der Waals surface area contributed by atoms with Crippen LogP contribution in [0.25, 0.3) is 0 Å². The molecule has 1 fully saturated rings. The van der Waals surface area contributed by atoms with Gasteiger partial charge in [0.15, 0.2) is 0 Å². The van der Waals surface area contributed by atoms with Gasteiger partial charge in [0.1, 0.15) is 0 Å². The summed E-state index contributed by atoms with van der Waals surface area (Å²) in [5, 5.41) is 6.40. The zero-order valence-corrected chi connectivity index (χ0v) is 12.7. The van der Waals surface area contributed by atoms with Crippen LogP contribution in [0.2, 0.25) is 0 Å². The number of rotatable bonds is 4. The average Bonchev–Trinajstić information content (AvgIpc) is 2.48. The molecule has 1 aromatic carbocycles. The Morgan fingerprint density at radius 2 is 2.10 bits per heavy atom. The van der Waals surface area contributed by atoms with Crippen molar-refractivity contribution < 1.29 is 4.79 Å². The van der Waals surface area contributed by atoms with Crippen LogP contribution < -0.4 is 15.5 Å². The van der Waals surface area contributed by atoms with Gasteiger partial charge in [-0.15, -0.1) is 0 Å². The van der Waals surface area contributed by atoms with E-state index in [4.69, 9.17) is 0 Å². The average molecular weight is 275 g/mol. The molecule has 20 heavy (non-hydrogen) atoms. The number of carbonyl (C=O) groups is 1. The van der Waals surface area contributed by atoms with Crippen molar-refractivity contribution in [2.75, 3.05) is 31.1 Å². The van der Waals surface area contributed by atoms with E-state index in [0.29, 0.717) is 0 Å². The summed E-state index contributed by atoms with van der Waals surface area (Å²) in [5.74, 6) is 0.0360. The van der Waals surface area contributed by atoms with Gasteiger partial charge in [-0.05, 0) is 38.0 Å². The largest absolute Gasteiger partial charge is 0.369 e. The SMILES string of the molecule is CCC(C)NC(=O)c1cccc(N2CCNCC2)c1C. The van der Waals surface area contributed by atoms with Gasteiger partial charge in [0, 0.05) is 43.5 Å². The zero-order chi connectivity index (χ0) is 14.5. The fourth-order valence-corrected chi connectivity index (χ4v) is 2.52. The molecule has 0 saturated carbocycles. The van der Waals surface area contributed by atoms with Crippen molar-refractivity contribution >= 4 is 11.6 Å². The molecule has 2 N–H and O–H groups in total.